The van der Waals surface area contributed by atoms with Gasteiger partial charge in [0.15, 0.2) is 11.9 Å². The summed E-state index contributed by atoms with van der Waals surface area (Å²) in [7, 11) is -3.85. The minimum Gasteiger partial charge on any atom is -0.453 e. The summed E-state index contributed by atoms with van der Waals surface area (Å²) in [5.41, 5.74) is 0.276. The number of amides is 1. The normalized spacial score (nSPS) is 12.3. The van der Waals surface area contributed by atoms with Crippen LogP contribution < -0.4 is 10.0 Å². The Bertz CT molecular complexity index is 745. The van der Waals surface area contributed by atoms with Crippen molar-refractivity contribution in [3.05, 3.63) is 29.8 Å². The number of hydrogen-bond donors (Lipinski definition) is 2. The zero-order chi connectivity index (χ0) is 19.0. The molecule has 0 aliphatic rings. The van der Waals surface area contributed by atoms with Gasteiger partial charge in [0.1, 0.15) is 0 Å². The predicted octanol–water partition coefficient (Wildman–Crippen LogP) is 0.625. The Balaban J connectivity index is 2.57. The summed E-state index contributed by atoms with van der Waals surface area (Å²) >= 11 is 0. The van der Waals surface area contributed by atoms with Crippen LogP contribution in [-0.4, -0.2) is 45.3 Å². The maximum absolute atomic E-state index is 12.2. The molecule has 0 radical (unpaired) electrons. The predicted molar refractivity (Wildman–Crippen MR) is 90.5 cm³/mol. The van der Waals surface area contributed by atoms with Gasteiger partial charge in [-0.05, 0) is 32.9 Å². The van der Waals surface area contributed by atoms with Gasteiger partial charge in [-0.2, -0.15) is 0 Å². The summed E-state index contributed by atoms with van der Waals surface area (Å²) in [5.74, 6) is -1.36. The van der Waals surface area contributed by atoms with Crippen molar-refractivity contribution >= 4 is 27.7 Å². The molecule has 1 rings (SSSR count). The van der Waals surface area contributed by atoms with Crippen LogP contribution in [0, 0.1) is 0 Å². The van der Waals surface area contributed by atoms with Crippen LogP contribution in [0.1, 0.15) is 37.6 Å². The maximum atomic E-state index is 12.2. The Morgan fingerprint density at radius 3 is 2.52 bits per heavy atom. The monoisotopic (exact) mass is 370 g/mol. The standard InChI is InChI=1S/C16H22N2O6S/c1-4-17-16(21)12(3)24-15(20)8-9-18-25(22,23)14-7-5-6-13(10-14)11(2)19/h5-7,10,12,18H,4,8-9H2,1-3H3,(H,17,21)/t12-/m1/s1. The molecule has 9 heteroatoms. The summed E-state index contributed by atoms with van der Waals surface area (Å²) in [5, 5.41) is 2.51. The van der Waals surface area contributed by atoms with Crippen LogP contribution >= 0.6 is 0 Å². The molecule has 138 valence electrons. The largest absolute Gasteiger partial charge is 0.453 e. The third-order valence-corrected chi connectivity index (χ3v) is 4.66. The van der Waals surface area contributed by atoms with Crippen LogP contribution in [0.2, 0.25) is 0 Å². The van der Waals surface area contributed by atoms with Gasteiger partial charge in [-0.1, -0.05) is 12.1 Å². The van der Waals surface area contributed by atoms with Gasteiger partial charge in [0.2, 0.25) is 10.0 Å². The number of benzene rings is 1. The van der Waals surface area contributed by atoms with Gasteiger partial charge in [0.25, 0.3) is 5.91 Å². The van der Waals surface area contributed by atoms with Gasteiger partial charge >= 0.3 is 5.97 Å². The molecule has 2 N–H and O–H groups in total. The Morgan fingerprint density at radius 2 is 1.92 bits per heavy atom. The molecule has 1 atom stereocenters. The number of Topliss-reactive ketones (excluding diaryl/α,β-unsaturated/α-hetero) is 1. The van der Waals surface area contributed by atoms with E-state index in [-0.39, 0.29) is 29.2 Å². The molecule has 0 aromatic heterocycles. The maximum Gasteiger partial charge on any atom is 0.307 e. The highest BCUT2D eigenvalue weighted by Gasteiger charge is 2.19. The zero-order valence-electron chi connectivity index (χ0n) is 14.4. The fraction of sp³-hybridized carbons (Fsp3) is 0.438. The highest BCUT2D eigenvalue weighted by Crippen LogP contribution is 2.12. The van der Waals surface area contributed by atoms with E-state index in [0.29, 0.717) is 6.54 Å². The van der Waals surface area contributed by atoms with Crippen molar-refractivity contribution in [2.75, 3.05) is 13.1 Å². The summed E-state index contributed by atoms with van der Waals surface area (Å²) < 4.78 is 31.5. The van der Waals surface area contributed by atoms with Crippen LogP contribution in [0.15, 0.2) is 29.2 Å². The minimum absolute atomic E-state index is 0.0655. The van der Waals surface area contributed by atoms with Crippen LogP contribution in [-0.2, 0) is 24.3 Å². The van der Waals surface area contributed by atoms with Crippen LogP contribution in [0.4, 0.5) is 0 Å². The molecule has 0 aliphatic carbocycles. The SMILES string of the molecule is CCNC(=O)[C@@H](C)OC(=O)CCNS(=O)(=O)c1cccc(C(C)=O)c1. The van der Waals surface area contributed by atoms with Crippen molar-refractivity contribution in [1.82, 2.24) is 10.0 Å². The molecule has 1 aromatic rings. The Morgan fingerprint density at radius 1 is 1.24 bits per heavy atom. The van der Waals surface area contributed by atoms with Crippen molar-refractivity contribution in [3.63, 3.8) is 0 Å². The van der Waals surface area contributed by atoms with E-state index in [9.17, 15) is 22.8 Å². The minimum atomic E-state index is -3.85. The summed E-state index contributed by atoms with van der Waals surface area (Å²) in [6, 6.07) is 5.60. The number of rotatable bonds is 9. The lowest BCUT2D eigenvalue weighted by Crippen LogP contribution is -2.36. The molecule has 25 heavy (non-hydrogen) atoms. The summed E-state index contributed by atoms with van der Waals surface area (Å²) in [6.07, 6.45) is -1.17. The van der Waals surface area contributed by atoms with Gasteiger partial charge in [-0.3, -0.25) is 14.4 Å². The number of ketones is 1. The number of nitrogens with one attached hydrogen (secondary N) is 2. The number of sulfonamides is 1. The Labute approximate surface area is 147 Å². The van der Waals surface area contributed by atoms with Crippen LogP contribution in [0.25, 0.3) is 0 Å². The highest BCUT2D eigenvalue weighted by atomic mass is 32.2. The molecule has 0 saturated heterocycles. The number of esters is 1. The lowest BCUT2D eigenvalue weighted by Gasteiger charge is -2.13. The van der Waals surface area contributed by atoms with E-state index < -0.39 is 28.0 Å². The van der Waals surface area contributed by atoms with Crippen molar-refractivity contribution in [2.45, 2.75) is 38.2 Å². The molecule has 8 nitrogen and oxygen atoms in total. The molecule has 1 amide bonds. The smallest absolute Gasteiger partial charge is 0.307 e. The molecule has 0 unspecified atom stereocenters. The molecule has 1 aromatic carbocycles. The van der Waals surface area contributed by atoms with Gasteiger partial charge in [-0.25, -0.2) is 13.1 Å². The van der Waals surface area contributed by atoms with E-state index in [4.69, 9.17) is 4.74 Å². The second kappa shape index (κ2) is 9.28. The van der Waals surface area contributed by atoms with Crippen molar-refractivity contribution in [3.8, 4) is 0 Å². The van der Waals surface area contributed by atoms with Crippen molar-refractivity contribution in [1.29, 1.82) is 0 Å². The fourth-order valence-electron chi connectivity index (χ4n) is 1.88. The number of hydrogen-bond acceptors (Lipinski definition) is 6. The van der Waals surface area contributed by atoms with E-state index >= 15 is 0 Å². The molecule has 0 spiro atoms. The van der Waals surface area contributed by atoms with E-state index in [1.165, 1.54) is 38.1 Å². The number of carbonyl (C=O) groups excluding carboxylic acids is 3. The Kier molecular flexibility index (Phi) is 7.72. The van der Waals surface area contributed by atoms with Gasteiger partial charge in [-0.15, -0.1) is 0 Å². The molecule has 0 heterocycles. The molecular weight excluding hydrogens is 348 g/mol. The molecule has 0 fully saturated rings. The first-order valence-corrected chi connectivity index (χ1v) is 9.23. The topological polar surface area (TPSA) is 119 Å². The first-order valence-electron chi connectivity index (χ1n) is 7.75. The second-order valence-corrected chi connectivity index (χ2v) is 7.03. The first-order chi connectivity index (χ1) is 11.7. The molecular formula is C16H22N2O6S. The van der Waals surface area contributed by atoms with E-state index in [1.807, 2.05) is 0 Å². The van der Waals surface area contributed by atoms with Crippen LogP contribution in [0.3, 0.4) is 0 Å². The van der Waals surface area contributed by atoms with Crippen molar-refractivity contribution in [2.24, 2.45) is 0 Å². The van der Waals surface area contributed by atoms with Gasteiger partial charge in [0, 0.05) is 18.7 Å². The molecule has 0 saturated carbocycles. The van der Waals surface area contributed by atoms with Gasteiger partial charge < -0.3 is 10.1 Å². The molecule has 0 aliphatic heterocycles. The van der Waals surface area contributed by atoms with Crippen molar-refractivity contribution < 1.29 is 27.5 Å². The second-order valence-electron chi connectivity index (χ2n) is 5.26. The summed E-state index contributed by atoms with van der Waals surface area (Å²) in [4.78, 5) is 34.4. The van der Waals surface area contributed by atoms with E-state index in [0.717, 1.165) is 0 Å². The average Bonchev–Trinajstić information content (AvgIpc) is 2.54. The molecule has 0 bridgehead atoms. The number of ether oxygens (including phenoxy) is 1. The third kappa shape index (κ3) is 6.63. The average molecular weight is 370 g/mol. The van der Waals surface area contributed by atoms with Crippen LogP contribution in [0.5, 0.6) is 0 Å². The van der Waals surface area contributed by atoms with E-state index in [1.54, 1.807) is 6.92 Å². The quantitative estimate of drug-likeness (QED) is 0.486. The number of carbonyl (C=O) groups is 3. The fourth-order valence-corrected chi connectivity index (χ4v) is 2.96. The van der Waals surface area contributed by atoms with Gasteiger partial charge in [0.05, 0.1) is 11.3 Å². The Hall–Kier alpha value is -2.26. The van der Waals surface area contributed by atoms with E-state index in [2.05, 4.69) is 10.0 Å². The first kappa shape index (κ1) is 20.8. The summed E-state index contributed by atoms with van der Waals surface area (Å²) in [6.45, 7) is 4.74. The highest BCUT2D eigenvalue weighted by molar-refractivity contribution is 7.89. The lowest BCUT2D eigenvalue weighted by atomic mass is 10.2. The number of likely N-dealkylation sites (N-methyl/N-ethyl adjacent to an activating group) is 1. The third-order valence-electron chi connectivity index (χ3n) is 3.20. The lowest BCUT2D eigenvalue weighted by molar-refractivity contribution is -0.154. The zero-order valence-corrected chi connectivity index (χ0v) is 15.2.